The Morgan fingerprint density at radius 1 is 0.452 bits per heavy atom. The normalized spacial score (nSPS) is 13.7. The zero-order chi connectivity index (χ0) is 28.3. The molecule has 4 nitrogen and oxygen atoms in total. The fourth-order valence-electron chi connectivity index (χ4n) is 6.23. The van der Waals surface area contributed by atoms with Gasteiger partial charge < -0.3 is 9.47 Å². The zero-order valence-corrected chi connectivity index (χ0v) is 23.5. The molecule has 0 fully saturated rings. The topological polar surface area (TPSA) is 42.3 Å². The Labute approximate surface area is 244 Å². The second-order valence-corrected chi connectivity index (χ2v) is 12.5. The summed E-state index contributed by atoms with van der Waals surface area (Å²) in [5, 5.41) is 2.52. The average molecular weight is 563 g/mol. The predicted molar refractivity (Wildman–Crippen MR) is 170 cm³/mol. The Kier molecular flexibility index (Phi) is 5.56. The van der Waals surface area contributed by atoms with E-state index in [1.165, 1.54) is 32.9 Å². The summed E-state index contributed by atoms with van der Waals surface area (Å²) in [6, 6.07) is 48.8. The van der Waals surface area contributed by atoms with E-state index >= 15 is 0 Å². The number of benzene rings is 6. The van der Waals surface area contributed by atoms with Gasteiger partial charge in [0.1, 0.15) is 0 Å². The van der Waals surface area contributed by atoms with E-state index in [2.05, 4.69) is 102 Å². The highest BCUT2D eigenvalue weighted by molar-refractivity contribution is 7.92. The van der Waals surface area contributed by atoms with Crippen molar-refractivity contribution >= 4 is 48.7 Å². The summed E-state index contributed by atoms with van der Waals surface area (Å²) in [4.78, 5) is 2.70. The number of anilines is 3. The first-order chi connectivity index (χ1) is 20.6. The lowest BCUT2D eigenvalue weighted by atomic mass is 10.0. The molecule has 8 rings (SSSR count). The summed E-state index contributed by atoms with van der Waals surface area (Å²) < 4.78 is 29.0. The molecule has 5 heteroatoms. The van der Waals surface area contributed by atoms with Gasteiger partial charge in [0.25, 0.3) is 0 Å². The molecule has 0 aliphatic carbocycles. The van der Waals surface area contributed by atoms with Crippen LogP contribution in [-0.2, 0) is 16.3 Å². The van der Waals surface area contributed by atoms with Crippen LogP contribution in [0.2, 0.25) is 0 Å². The quantitative estimate of drug-likeness (QED) is 0.215. The number of aromatic nitrogens is 1. The molecule has 0 unspecified atom stereocenters. The largest absolute Gasteiger partial charge is 0.309 e. The summed E-state index contributed by atoms with van der Waals surface area (Å²) >= 11 is 0. The lowest BCUT2D eigenvalue weighted by Gasteiger charge is -2.33. The van der Waals surface area contributed by atoms with Gasteiger partial charge in [0.15, 0.2) is 0 Å². The fourth-order valence-corrected chi connectivity index (χ4v) is 7.85. The number of sulfone groups is 1. The summed E-state index contributed by atoms with van der Waals surface area (Å²) in [5.74, 6) is 0. The van der Waals surface area contributed by atoms with Crippen LogP contribution in [0.3, 0.4) is 0 Å². The Balaban J connectivity index is 1.11. The molecule has 0 bridgehead atoms. The van der Waals surface area contributed by atoms with Gasteiger partial charge in [0.2, 0.25) is 9.84 Å². The molecule has 6 aromatic carbocycles. The van der Waals surface area contributed by atoms with Crippen LogP contribution in [0, 0.1) is 0 Å². The molecule has 1 aromatic heterocycles. The second kappa shape index (κ2) is 9.47. The smallest absolute Gasteiger partial charge is 0.210 e. The minimum atomic E-state index is -3.58. The number of hydrogen-bond acceptors (Lipinski definition) is 3. The molecule has 0 saturated carbocycles. The minimum Gasteiger partial charge on any atom is -0.309 e. The van der Waals surface area contributed by atoms with Gasteiger partial charge in [-0.25, -0.2) is 8.42 Å². The number of rotatable bonds is 4. The highest BCUT2D eigenvalue weighted by Crippen LogP contribution is 2.47. The van der Waals surface area contributed by atoms with Crippen molar-refractivity contribution in [2.24, 2.45) is 0 Å². The van der Waals surface area contributed by atoms with Gasteiger partial charge in [-0.05, 0) is 78.2 Å². The molecule has 1 aliphatic heterocycles. The molecule has 1 aliphatic rings. The molecule has 202 valence electrons. The number of nitrogens with zero attached hydrogens (tertiary/aromatic N) is 2. The Bertz CT molecular complexity index is 2120. The van der Waals surface area contributed by atoms with Crippen molar-refractivity contribution in [1.29, 1.82) is 0 Å². The summed E-state index contributed by atoms with van der Waals surface area (Å²) in [6.07, 6.45) is 0.801. The Hall–Kier alpha value is -5.13. The molecule has 0 atom stereocenters. The highest BCUT2D eigenvalue weighted by atomic mass is 32.2. The van der Waals surface area contributed by atoms with Crippen LogP contribution in [0.1, 0.15) is 11.1 Å². The van der Waals surface area contributed by atoms with Crippen molar-refractivity contribution in [3.63, 3.8) is 0 Å². The van der Waals surface area contributed by atoms with Gasteiger partial charge in [-0.15, -0.1) is 0 Å². The van der Waals surface area contributed by atoms with Gasteiger partial charge in [0.05, 0.1) is 32.2 Å². The molecule has 7 aromatic rings. The minimum absolute atomic E-state index is 0.330. The summed E-state index contributed by atoms with van der Waals surface area (Å²) in [5.41, 5.74) is 8.24. The first kappa shape index (κ1) is 24.6. The van der Waals surface area contributed by atoms with Gasteiger partial charge in [-0.2, -0.15) is 0 Å². The molecule has 0 radical (unpaired) electrons. The van der Waals surface area contributed by atoms with Crippen LogP contribution >= 0.6 is 0 Å². The maximum absolute atomic E-state index is 13.3. The first-order valence-electron chi connectivity index (χ1n) is 14.0. The Morgan fingerprint density at radius 2 is 0.881 bits per heavy atom. The van der Waals surface area contributed by atoms with Crippen LogP contribution in [0.25, 0.3) is 27.5 Å². The van der Waals surface area contributed by atoms with E-state index in [-0.39, 0.29) is 0 Å². The lowest BCUT2D eigenvalue weighted by Crippen LogP contribution is -2.22. The number of para-hydroxylation sites is 4. The number of hydrogen-bond donors (Lipinski definition) is 0. The number of fused-ring (bicyclic) bond motifs is 5. The third-order valence-corrected chi connectivity index (χ3v) is 10.0. The predicted octanol–water partition coefficient (Wildman–Crippen LogP) is 8.99. The highest BCUT2D eigenvalue weighted by Gasteiger charge is 2.34. The van der Waals surface area contributed by atoms with E-state index in [1.54, 1.807) is 24.3 Å². The van der Waals surface area contributed by atoms with Crippen molar-refractivity contribution < 1.29 is 8.42 Å². The molecular formula is C37H26N2O2S. The average Bonchev–Trinajstić information content (AvgIpc) is 3.37. The third kappa shape index (κ3) is 3.78. The molecule has 0 spiro atoms. The van der Waals surface area contributed by atoms with Crippen LogP contribution in [0.15, 0.2) is 155 Å². The van der Waals surface area contributed by atoms with Crippen molar-refractivity contribution in [3.8, 4) is 5.69 Å². The van der Waals surface area contributed by atoms with Crippen LogP contribution in [0.4, 0.5) is 17.1 Å². The van der Waals surface area contributed by atoms with Crippen LogP contribution in [0.5, 0.6) is 0 Å². The summed E-state index contributed by atoms with van der Waals surface area (Å²) in [6.45, 7) is 0. The van der Waals surface area contributed by atoms with Gasteiger partial charge in [0, 0.05) is 22.1 Å². The summed E-state index contributed by atoms with van der Waals surface area (Å²) in [7, 11) is -3.58. The lowest BCUT2D eigenvalue weighted by molar-refractivity contribution is 0.595. The Morgan fingerprint density at radius 3 is 1.40 bits per heavy atom. The van der Waals surface area contributed by atoms with Crippen LogP contribution in [-0.4, -0.2) is 13.0 Å². The van der Waals surface area contributed by atoms with E-state index in [4.69, 9.17) is 0 Å². The maximum atomic E-state index is 13.3. The van der Waals surface area contributed by atoms with Crippen molar-refractivity contribution in [2.75, 3.05) is 4.90 Å². The van der Waals surface area contributed by atoms with Gasteiger partial charge in [-0.1, -0.05) is 84.9 Å². The SMILES string of the molecule is O=S1(=O)c2ccccc2N(c2ccc(Cc3ccc(-n4c5ccccc5c5ccccc54)cc3)cc2)c2ccccc21. The first-order valence-corrected chi connectivity index (χ1v) is 15.5. The van der Waals surface area contributed by atoms with Gasteiger partial charge in [-0.3, -0.25) is 0 Å². The molecule has 2 heterocycles. The van der Waals surface area contributed by atoms with E-state index in [0.717, 1.165) is 17.8 Å². The zero-order valence-electron chi connectivity index (χ0n) is 22.7. The monoisotopic (exact) mass is 562 g/mol. The van der Waals surface area contributed by atoms with Crippen molar-refractivity contribution in [2.45, 2.75) is 16.2 Å². The van der Waals surface area contributed by atoms with E-state index in [9.17, 15) is 8.42 Å². The molecule has 0 saturated heterocycles. The molecule has 42 heavy (non-hydrogen) atoms. The molecular weight excluding hydrogens is 536 g/mol. The van der Waals surface area contributed by atoms with Crippen LogP contribution < -0.4 is 4.90 Å². The molecule has 0 amide bonds. The van der Waals surface area contributed by atoms with E-state index in [0.29, 0.717) is 21.2 Å². The molecule has 0 N–H and O–H groups in total. The standard InChI is InChI=1S/C37H26N2O2S/c40-42(41)36-15-7-5-13-34(36)39(35-14-6-8-16-37(35)42)29-23-19-27(20-24-29)25-26-17-21-28(22-18-26)38-32-11-3-1-9-30(32)31-10-2-4-12-33(31)38/h1-24H,25H2. The van der Waals surface area contributed by atoms with Crippen molar-refractivity contribution in [3.05, 3.63) is 157 Å². The van der Waals surface area contributed by atoms with E-state index < -0.39 is 9.84 Å². The van der Waals surface area contributed by atoms with Crippen molar-refractivity contribution in [1.82, 2.24) is 4.57 Å². The second-order valence-electron chi connectivity index (χ2n) is 10.7. The third-order valence-electron chi connectivity index (χ3n) is 8.17. The maximum Gasteiger partial charge on any atom is 0.210 e. The van der Waals surface area contributed by atoms with Gasteiger partial charge >= 0.3 is 0 Å². The van der Waals surface area contributed by atoms with E-state index in [1.807, 2.05) is 29.2 Å². The fraction of sp³-hybridized carbons (Fsp3) is 0.0270.